The van der Waals surface area contributed by atoms with E-state index in [4.69, 9.17) is 4.74 Å². The molecule has 7 nitrogen and oxygen atoms in total. The first-order valence-electron chi connectivity index (χ1n) is 12.7. The second-order valence-corrected chi connectivity index (χ2v) is 10.0. The zero-order valence-corrected chi connectivity index (χ0v) is 19.8. The van der Waals surface area contributed by atoms with E-state index in [1.807, 2.05) is 24.3 Å². The number of carbonyl (C=O) groups excluding carboxylic acids is 2. The maximum Gasteiger partial charge on any atom is 0.408 e. The average Bonchev–Trinajstić information content (AvgIpc) is 3.46. The van der Waals surface area contributed by atoms with Crippen LogP contribution in [0.4, 0.5) is 4.79 Å². The molecule has 3 N–H and O–H groups in total. The molecule has 0 aromatic heterocycles. The molecule has 2 fully saturated rings. The van der Waals surface area contributed by atoms with Crippen LogP contribution in [-0.4, -0.2) is 41.3 Å². The van der Waals surface area contributed by atoms with Gasteiger partial charge in [-0.05, 0) is 47.9 Å². The van der Waals surface area contributed by atoms with Gasteiger partial charge in [0.25, 0.3) is 0 Å². The van der Waals surface area contributed by atoms with E-state index < -0.39 is 29.6 Å². The van der Waals surface area contributed by atoms with Crippen molar-refractivity contribution in [3.63, 3.8) is 0 Å². The van der Waals surface area contributed by atoms with Crippen molar-refractivity contribution >= 4 is 18.0 Å². The molecule has 2 amide bonds. The lowest BCUT2D eigenvalue weighted by Gasteiger charge is -2.34. The molecule has 0 aliphatic heterocycles. The van der Waals surface area contributed by atoms with Crippen molar-refractivity contribution in [3.8, 4) is 11.1 Å². The Labute approximate surface area is 205 Å². The van der Waals surface area contributed by atoms with Crippen molar-refractivity contribution in [3.05, 3.63) is 59.7 Å². The number of fused-ring (bicyclic) bond motifs is 3. The number of carboxylic acid groups (broad SMARTS) is 1. The second-order valence-electron chi connectivity index (χ2n) is 10.0. The Kier molecular flexibility index (Phi) is 6.50. The molecule has 184 valence electrons. The fourth-order valence-corrected chi connectivity index (χ4v) is 6.12. The number of benzene rings is 2. The van der Waals surface area contributed by atoms with Gasteiger partial charge in [-0.25, -0.2) is 4.79 Å². The van der Waals surface area contributed by atoms with Gasteiger partial charge in [-0.15, -0.1) is 0 Å². The number of hydrogen-bond donors (Lipinski definition) is 3. The van der Waals surface area contributed by atoms with Crippen LogP contribution in [0.1, 0.15) is 68.4 Å². The Hall–Kier alpha value is -3.35. The minimum atomic E-state index is -1.05. The van der Waals surface area contributed by atoms with Crippen LogP contribution in [0.25, 0.3) is 11.1 Å². The largest absolute Gasteiger partial charge is 0.481 e. The highest BCUT2D eigenvalue weighted by molar-refractivity contribution is 5.91. The van der Waals surface area contributed by atoms with Gasteiger partial charge in [-0.1, -0.05) is 74.2 Å². The van der Waals surface area contributed by atoms with Gasteiger partial charge < -0.3 is 20.5 Å². The third kappa shape index (κ3) is 4.51. The quantitative estimate of drug-likeness (QED) is 0.565. The summed E-state index contributed by atoms with van der Waals surface area (Å²) in [6.07, 6.45) is 5.03. The van der Waals surface area contributed by atoms with Crippen LogP contribution in [-0.2, 0) is 14.3 Å². The van der Waals surface area contributed by atoms with Gasteiger partial charge in [0.1, 0.15) is 12.1 Å². The number of aliphatic carboxylic acids is 1. The number of alkyl carbamates (subject to hydrolysis) is 1. The van der Waals surface area contributed by atoms with E-state index in [1.54, 1.807) is 0 Å². The van der Waals surface area contributed by atoms with Crippen LogP contribution in [0, 0.1) is 5.92 Å². The summed E-state index contributed by atoms with van der Waals surface area (Å²) in [5.41, 5.74) is 3.52. The minimum Gasteiger partial charge on any atom is -0.481 e. The number of carboxylic acids is 1. The van der Waals surface area contributed by atoms with E-state index in [0.29, 0.717) is 25.7 Å². The molecule has 3 aliphatic rings. The first kappa shape index (κ1) is 23.4. The number of hydrogen-bond acceptors (Lipinski definition) is 4. The average molecular weight is 477 g/mol. The zero-order chi connectivity index (χ0) is 24.4. The highest BCUT2D eigenvalue weighted by atomic mass is 16.5. The number of nitrogens with one attached hydrogen (secondary N) is 2. The molecule has 0 bridgehead atoms. The summed E-state index contributed by atoms with van der Waals surface area (Å²) < 4.78 is 5.70. The molecule has 2 atom stereocenters. The van der Waals surface area contributed by atoms with Crippen molar-refractivity contribution in [1.29, 1.82) is 0 Å². The van der Waals surface area contributed by atoms with E-state index in [2.05, 4.69) is 34.9 Å². The van der Waals surface area contributed by atoms with Crippen molar-refractivity contribution in [1.82, 2.24) is 10.6 Å². The molecule has 35 heavy (non-hydrogen) atoms. The van der Waals surface area contributed by atoms with Gasteiger partial charge in [0.05, 0.1) is 5.92 Å². The predicted molar refractivity (Wildman–Crippen MR) is 131 cm³/mol. The van der Waals surface area contributed by atoms with Crippen LogP contribution < -0.4 is 10.6 Å². The topological polar surface area (TPSA) is 105 Å². The van der Waals surface area contributed by atoms with Crippen molar-refractivity contribution < 1.29 is 24.2 Å². The Bertz CT molecular complexity index is 1080. The van der Waals surface area contributed by atoms with Gasteiger partial charge in [0, 0.05) is 12.0 Å². The van der Waals surface area contributed by atoms with Crippen molar-refractivity contribution in [2.45, 2.75) is 68.9 Å². The molecule has 7 heteroatoms. The van der Waals surface area contributed by atoms with Gasteiger partial charge in [0.2, 0.25) is 5.91 Å². The minimum absolute atomic E-state index is 0.0555. The summed E-state index contributed by atoms with van der Waals surface area (Å²) in [5.74, 6) is -1.80. The molecule has 0 spiro atoms. The third-order valence-corrected chi connectivity index (χ3v) is 7.98. The molecule has 0 heterocycles. The molecule has 0 radical (unpaired) electrons. The lowest BCUT2D eigenvalue weighted by molar-refractivity contribution is -0.144. The number of carbonyl (C=O) groups is 3. The van der Waals surface area contributed by atoms with Crippen molar-refractivity contribution in [2.75, 3.05) is 6.61 Å². The smallest absolute Gasteiger partial charge is 0.408 e. The Morgan fingerprint density at radius 3 is 2.11 bits per heavy atom. The van der Waals surface area contributed by atoms with Gasteiger partial charge in [0.15, 0.2) is 0 Å². The fourth-order valence-electron chi connectivity index (χ4n) is 6.12. The Morgan fingerprint density at radius 2 is 1.49 bits per heavy atom. The van der Waals surface area contributed by atoms with E-state index >= 15 is 0 Å². The van der Waals surface area contributed by atoms with E-state index in [1.165, 1.54) is 0 Å². The first-order chi connectivity index (χ1) is 17.0. The number of amides is 2. The SMILES string of the molecule is O=C(NC1(C(=O)N[C@@H]2CCCC[C@@H]2C(=O)O)CCCC1)OCC1c2ccccc2-c2ccccc21. The summed E-state index contributed by atoms with van der Waals surface area (Å²) >= 11 is 0. The van der Waals surface area contributed by atoms with Crippen LogP contribution in [0.15, 0.2) is 48.5 Å². The summed E-state index contributed by atoms with van der Waals surface area (Å²) in [5, 5.41) is 15.4. The summed E-state index contributed by atoms with van der Waals surface area (Å²) in [6.45, 7) is 0.182. The molecule has 2 aromatic rings. The molecule has 3 aliphatic carbocycles. The summed E-state index contributed by atoms with van der Waals surface area (Å²) in [6, 6.07) is 15.9. The molecule has 2 saturated carbocycles. The Morgan fingerprint density at radius 1 is 0.886 bits per heavy atom. The molecule has 2 aromatic carbocycles. The lowest BCUT2D eigenvalue weighted by atomic mass is 9.83. The van der Waals surface area contributed by atoms with Crippen molar-refractivity contribution in [2.24, 2.45) is 5.92 Å². The monoisotopic (exact) mass is 476 g/mol. The molecular formula is C28H32N2O5. The number of ether oxygens (including phenoxy) is 1. The van der Waals surface area contributed by atoms with Crippen LogP contribution in [0.3, 0.4) is 0 Å². The van der Waals surface area contributed by atoms with Crippen LogP contribution >= 0.6 is 0 Å². The molecule has 0 unspecified atom stereocenters. The summed E-state index contributed by atoms with van der Waals surface area (Å²) in [4.78, 5) is 38.0. The molecular weight excluding hydrogens is 444 g/mol. The van der Waals surface area contributed by atoms with E-state index in [-0.39, 0.29) is 18.4 Å². The molecule has 5 rings (SSSR count). The van der Waals surface area contributed by atoms with E-state index in [0.717, 1.165) is 47.9 Å². The standard InChI is InChI=1S/C28H32N2O5/c31-25(32)22-13-5-6-14-24(22)29-26(33)28(15-7-8-16-28)30-27(34)35-17-23-20-11-3-1-9-18(20)19-10-2-4-12-21(19)23/h1-4,9-12,22-24H,5-8,13-17H2,(H,29,33)(H,30,34)(H,31,32)/t22-,24+/m0/s1. The fraction of sp³-hybridized carbons (Fsp3) is 0.464. The van der Waals surface area contributed by atoms with Crippen LogP contribution in [0.5, 0.6) is 0 Å². The maximum absolute atomic E-state index is 13.4. The molecule has 0 saturated heterocycles. The normalized spacial score (nSPS) is 22.6. The van der Waals surface area contributed by atoms with Gasteiger partial charge in [-0.2, -0.15) is 0 Å². The van der Waals surface area contributed by atoms with Gasteiger partial charge in [-0.3, -0.25) is 9.59 Å². The van der Waals surface area contributed by atoms with Crippen LogP contribution in [0.2, 0.25) is 0 Å². The first-order valence-corrected chi connectivity index (χ1v) is 12.7. The van der Waals surface area contributed by atoms with Gasteiger partial charge >= 0.3 is 12.1 Å². The third-order valence-electron chi connectivity index (χ3n) is 7.98. The highest BCUT2D eigenvalue weighted by Crippen LogP contribution is 2.44. The summed E-state index contributed by atoms with van der Waals surface area (Å²) in [7, 11) is 0. The zero-order valence-electron chi connectivity index (χ0n) is 19.8. The second kappa shape index (κ2) is 9.72. The van der Waals surface area contributed by atoms with E-state index in [9.17, 15) is 19.5 Å². The highest BCUT2D eigenvalue weighted by Gasteiger charge is 2.45. The maximum atomic E-state index is 13.4. The Balaban J connectivity index is 1.26. The predicted octanol–water partition coefficient (Wildman–Crippen LogP) is 4.60. The lowest BCUT2D eigenvalue weighted by Crippen LogP contribution is -2.60. The number of rotatable bonds is 6.